The number of anilines is 2. The molecular formula is C14H15N3O4S. The largest absolute Gasteiger partial charge is 0.726 e. The van der Waals surface area contributed by atoms with E-state index < -0.39 is 10.4 Å². The standard InChI is InChI=1S/C14H13N3.H2O4S/c1-17-13-7-11(15)4-2-9(13)6-10-3-5-12(16)8-14(10)17;1-5(2,3)4/h2-8H,1H3,(H3,15,16);(H2,1,2,3,4). The van der Waals surface area contributed by atoms with Crippen LogP contribution in [0.3, 0.4) is 0 Å². The van der Waals surface area contributed by atoms with Crippen molar-refractivity contribution in [1.29, 1.82) is 0 Å². The van der Waals surface area contributed by atoms with E-state index in [2.05, 4.69) is 10.6 Å². The van der Waals surface area contributed by atoms with Gasteiger partial charge in [0.15, 0.2) is 0 Å². The van der Waals surface area contributed by atoms with Gasteiger partial charge in [0, 0.05) is 34.3 Å². The number of hydrogen-bond acceptors (Lipinski definition) is 5. The van der Waals surface area contributed by atoms with E-state index in [1.165, 1.54) is 10.8 Å². The number of fused-ring (bicyclic) bond motifs is 2. The van der Waals surface area contributed by atoms with Gasteiger partial charge in [0.25, 0.3) is 0 Å². The Hall–Kier alpha value is -2.42. The van der Waals surface area contributed by atoms with E-state index in [1.54, 1.807) is 0 Å². The summed E-state index contributed by atoms with van der Waals surface area (Å²) in [5.41, 5.74) is 15.4. The van der Waals surface area contributed by atoms with Crippen LogP contribution in [0.1, 0.15) is 0 Å². The highest BCUT2D eigenvalue weighted by molar-refractivity contribution is 7.79. The third kappa shape index (κ3) is 3.82. The molecule has 0 atom stereocenters. The van der Waals surface area contributed by atoms with Crippen molar-refractivity contribution >= 4 is 43.6 Å². The minimum Gasteiger partial charge on any atom is -0.726 e. The Morgan fingerprint density at radius 3 is 1.68 bits per heavy atom. The topological polar surface area (TPSA) is 133 Å². The van der Waals surface area contributed by atoms with Crippen LogP contribution in [0.4, 0.5) is 11.4 Å². The number of hydrogen-bond donors (Lipinski definition) is 3. The summed E-state index contributed by atoms with van der Waals surface area (Å²) in [5, 5.41) is 2.36. The predicted molar refractivity (Wildman–Crippen MR) is 83.8 cm³/mol. The Balaban J connectivity index is 0.000000309. The van der Waals surface area contributed by atoms with Gasteiger partial charge in [-0.25, -0.2) is 8.42 Å². The molecule has 0 unspecified atom stereocenters. The van der Waals surface area contributed by atoms with Crippen LogP contribution in [-0.2, 0) is 17.4 Å². The van der Waals surface area contributed by atoms with Crippen molar-refractivity contribution in [2.45, 2.75) is 0 Å². The average Bonchev–Trinajstić information content (AvgIpc) is 2.39. The Kier molecular flexibility index (Phi) is 4.18. The number of benzene rings is 2. The zero-order chi connectivity index (χ0) is 16.5. The fourth-order valence-corrected chi connectivity index (χ4v) is 2.24. The fraction of sp³-hybridized carbons (Fsp3) is 0.0714. The van der Waals surface area contributed by atoms with Crippen LogP contribution >= 0.6 is 0 Å². The van der Waals surface area contributed by atoms with Crippen molar-refractivity contribution in [2.75, 3.05) is 11.5 Å². The first-order valence-electron chi connectivity index (χ1n) is 6.21. The summed E-state index contributed by atoms with van der Waals surface area (Å²) in [6.07, 6.45) is 0. The van der Waals surface area contributed by atoms with Crippen molar-refractivity contribution < 1.29 is 22.1 Å². The SMILES string of the molecule is C[n+]1c2cc(N)ccc2cc2ccc(N)cc21.O=S(=O)([O-])O. The monoisotopic (exact) mass is 321 g/mol. The van der Waals surface area contributed by atoms with Gasteiger partial charge < -0.3 is 16.0 Å². The Morgan fingerprint density at radius 1 is 0.955 bits per heavy atom. The molecule has 0 amide bonds. The summed E-state index contributed by atoms with van der Waals surface area (Å²) < 4.78 is 35.0. The molecule has 0 saturated carbocycles. The molecule has 3 aromatic rings. The highest BCUT2D eigenvalue weighted by atomic mass is 32.3. The molecule has 0 spiro atoms. The molecule has 0 fully saturated rings. The molecule has 8 heteroatoms. The molecule has 3 rings (SSSR count). The molecule has 7 nitrogen and oxygen atoms in total. The van der Waals surface area contributed by atoms with Crippen molar-refractivity contribution in [1.82, 2.24) is 0 Å². The van der Waals surface area contributed by atoms with Crippen molar-refractivity contribution in [3.8, 4) is 0 Å². The highest BCUT2D eigenvalue weighted by Gasteiger charge is 2.11. The number of nitrogens with two attached hydrogens (primary N) is 2. The zero-order valence-corrected chi connectivity index (χ0v) is 12.5. The van der Waals surface area contributed by atoms with Gasteiger partial charge in [-0.2, -0.15) is 4.57 Å². The summed E-state index contributed by atoms with van der Waals surface area (Å²) in [5.74, 6) is 0. The second-order valence-electron chi connectivity index (χ2n) is 4.77. The van der Waals surface area contributed by atoms with Gasteiger partial charge >= 0.3 is 0 Å². The van der Waals surface area contributed by atoms with Crippen molar-refractivity contribution in [2.24, 2.45) is 7.05 Å². The third-order valence-electron chi connectivity index (χ3n) is 3.14. The molecule has 0 radical (unpaired) electrons. The van der Waals surface area contributed by atoms with E-state index in [4.69, 9.17) is 29.0 Å². The van der Waals surface area contributed by atoms with Gasteiger partial charge in [-0.1, -0.05) is 0 Å². The van der Waals surface area contributed by atoms with Crippen molar-refractivity contribution in [3.05, 3.63) is 42.5 Å². The molecule has 1 heterocycles. The van der Waals surface area contributed by atoms with E-state index in [1.807, 2.05) is 43.4 Å². The Labute approximate surface area is 127 Å². The van der Waals surface area contributed by atoms with E-state index in [0.29, 0.717) is 0 Å². The number of aromatic nitrogens is 1. The summed E-state index contributed by atoms with van der Waals surface area (Å²) in [7, 11) is -2.89. The van der Waals surface area contributed by atoms with Gasteiger partial charge in [-0.15, -0.1) is 0 Å². The molecule has 5 N–H and O–H groups in total. The van der Waals surface area contributed by atoms with E-state index >= 15 is 0 Å². The van der Waals surface area contributed by atoms with Crippen LogP contribution in [0, 0.1) is 0 Å². The normalized spacial score (nSPS) is 11.2. The first-order valence-corrected chi connectivity index (χ1v) is 7.57. The maximum Gasteiger partial charge on any atom is 0.215 e. The van der Waals surface area contributed by atoms with Crippen LogP contribution in [0.5, 0.6) is 0 Å². The van der Waals surface area contributed by atoms with Gasteiger partial charge in [0.1, 0.15) is 7.05 Å². The average molecular weight is 321 g/mol. The molecule has 22 heavy (non-hydrogen) atoms. The summed E-state index contributed by atoms with van der Waals surface area (Å²) in [6, 6.07) is 14.1. The lowest BCUT2D eigenvalue weighted by molar-refractivity contribution is -0.617. The van der Waals surface area contributed by atoms with Gasteiger partial charge in [0.2, 0.25) is 21.4 Å². The maximum atomic E-state index is 8.63. The minimum atomic E-state index is -4.92. The fourth-order valence-electron chi connectivity index (χ4n) is 2.24. The predicted octanol–water partition coefficient (Wildman–Crippen LogP) is 0.987. The Bertz CT molecular complexity index is 887. The number of aryl methyl sites for hydroxylation is 1. The molecule has 0 aliphatic heterocycles. The summed E-state index contributed by atoms with van der Waals surface area (Å²) in [6.45, 7) is 0. The molecule has 116 valence electrons. The first kappa shape index (κ1) is 16.0. The molecule has 0 saturated heterocycles. The van der Waals surface area contributed by atoms with E-state index in [0.717, 1.165) is 22.4 Å². The quantitative estimate of drug-likeness (QED) is 0.186. The Morgan fingerprint density at radius 2 is 1.32 bits per heavy atom. The lowest BCUT2D eigenvalue weighted by Gasteiger charge is -2.03. The molecule has 0 bridgehead atoms. The maximum absolute atomic E-state index is 8.63. The zero-order valence-electron chi connectivity index (χ0n) is 11.7. The van der Waals surface area contributed by atoms with Crippen LogP contribution in [0.2, 0.25) is 0 Å². The first-order chi connectivity index (χ1) is 10.1. The molecule has 0 aliphatic rings. The van der Waals surface area contributed by atoms with Crippen LogP contribution in [0.25, 0.3) is 21.8 Å². The number of nitrogens with zero attached hydrogens (tertiary/aromatic N) is 1. The smallest absolute Gasteiger partial charge is 0.215 e. The second-order valence-corrected chi connectivity index (χ2v) is 5.62. The lowest BCUT2D eigenvalue weighted by atomic mass is 10.1. The van der Waals surface area contributed by atoms with Crippen LogP contribution in [0.15, 0.2) is 42.5 Å². The molecular weight excluding hydrogens is 306 g/mol. The molecule has 0 aliphatic carbocycles. The molecule has 2 aromatic carbocycles. The van der Waals surface area contributed by atoms with Gasteiger partial charge in [-0.05, 0) is 30.3 Å². The van der Waals surface area contributed by atoms with Gasteiger partial charge in [-0.3, -0.25) is 4.55 Å². The second kappa shape index (κ2) is 5.76. The van der Waals surface area contributed by atoms with E-state index in [9.17, 15) is 0 Å². The lowest BCUT2D eigenvalue weighted by Crippen LogP contribution is -2.30. The third-order valence-corrected chi connectivity index (χ3v) is 3.14. The van der Waals surface area contributed by atoms with Gasteiger partial charge in [0.05, 0.1) is 0 Å². The summed E-state index contributed by atoms with van der Waals surface area (Å²) >= 11 is 0. The number of rotatable bonds is 0. The van der Waals surface area contributed by atoms with Crippen LogP contribution < -0.4 is 16.0 Å². The van der Waals surface area contributed by atoms with Crippen molar-refractivity contribution in [3.63, 3.8) is 0 Å². The number of nitrogen functional groups attached to an aromatic ring is 2. The molecule has 1 aromatic heterocycles. The highest BCUT2D eigenvalue weighted by Crippen LogP contribution is 2.21. The van der Waals surface area contributed by atoms with E-state index in [-0.39, 0.29) is 0 Å². The minimum absolute atomic E-state index is 0.774. The number of pyridine rings is 1. The summed E-state index contributed by atoms with van der Waals surface area (Å²) in [4.78, 5) is 0. The van der Waals surface area contributed by atoms with Crippen LogP contribution in [-0.4, -0.2) is 17.5 Å².